The molecule has 3 rings (SSSR count). The summed E-state index contributed by atoms with van der Waals surface area (Å²) in [5, 5.41) is 10.5. The number of aliphatic carboxylic acids is 1. The average Bonchev–Trinajstić information content (AvgIpc) is 2.96. The van der Waals surface area contributed by atoms with Crippen molar-refractivity contribution in [2.75, 3.05) is 0 Å². The van der Waals surface area contributed by atoms with Gasteiger partial charge in [-0.3, -0.25) is 4.79 Å². The van der Waals surface area contributed by atoms with Crippen molar-refractivity contribution in [3.63, 3.8) is 0 Å². The van der Waals surface area contributed by atoms with Crippen LogP contribution in [0.1, 0.15) is 30.7 Å². The molecular formula is C14H14BrNO2S. The fraction of sp³-hybridized carbons (Fsp3) is 0.429. The van der Waals surface area contributed by atoms with Gasteiger partial charge in [0, 0.05) is 10.9 Å². The van der Waals surface area contributed by atoms with Crippen molar-refractivity contribution in [2.24, 2.45) is 5.41 Å². The number of nitrogens with zero attached hydrogens (tertiary/aromatic N) is 1. The van der Waals surface area contributed by atoms with Gasteiger partial charge in [0.15, 0.2) is 0 Å². The second kappa shape index (κ2) is 4.87. The Balaban J connectivity index is 1.94. The first-order valence-corrected chi connectivity index (χ1v) is 7.98. The molecule has 2 aromatic rings. The Morgan fingerprint density at radius 3 is 2.84 bits per heavy atom. The molecule has 1 aromatic carbocycles. The number of aromatic nitrogens is 1. The van der Waals surface area contributed by atoms with E-state index in [1.807, 2.05) is 18.2 Å². The van der Waals surface area contributed by atoms with Gasteiger partial charge in [-0.1, -0.05) is 28.8 Å². The lowest BCUT2D eigenvalue weighted by molar-refractivity contribution is -0.148. The molecule has 1 aliphatic rings. The summed E-state index contributed by atoms with van der Waals surface area (Å²) in [5.41, 5.74) is 0.374. The van der Waals surface area contributed by atoms with E-state index in [1.54, 1.807) is 11.3 Å². The highest BCUT2D eigenvalue weighted by atomic mass is 79.9. The van der Waals surface area contributed by atoms with Gasteiger partial charge in [-0.05, 0) is 31.0 Å². The van der Waals surface area contributed by atoms with Crippen LogP contribution < -0.4 is 0 Å². The van der Waals surface area contributed by atoms with Gasteiger partial charge < -0.3 is 5.11 Å². The molecule has 19 heavy (non-hydrogen) atoms. The number of rotatable bonds is 3. The molecule has 1 N–H and O–H groups in total. The van der Waals surface area contributed by atoms with Crippen LogP contribution in [0, 0.1) is 5.41 Å². The van der Waals surface area contributed by atoms with Crippen LogP contribution >= 0.6 is 27.3 Å². The van der Waals surface area contributed by atoms with E-state index in [4.69, 9.17) is 0 Å². The number of carboxylic acid groups (broad SMARTS) is 1. The molecule has 3 nitrogen and oxygen atoms in total. The van der Waals surface area contributed by atoms with E-state index in [1.165, 1.54) is 0 Å². The van der Waals surface area contributed by atoms with Crippen molar-refractivity contribution in [2.45, 2.75) is 32.1 Å². The summed E-state index contributed by atoms with van der Waals surface area (Å²) in [6, 6.07) is 6.01. The standard InChI is InChI=1S/C14H14BrNO2S/c15-9-3-4-11-10(7-9)16-12(19-11)8-14(13(17)18)5-1-2-6-14/h3-4,7H,1-2,5-6,8H2,(H,17,18). The first-order valence-electron chi connectivity index (χ1n) is 6.37. The number of carbonyl (C=O) groups is 1. The molecule has 0 radical (unpaired) electrons. The minimum Gasteiger partial charge on any atom is -0.481 e. The number of fused-ring (bicyclic) bond motifs is 1. The third-order valence-electron chi connectivity index (χ3n) is 3.90. The number of carboxylic acids is 1. The zero-order chi connectivity index (χ0) is 13.5. The quantitative estimate of drug-likeness (QED) is 0.909. The molecule has 0 bridgehead atoms. The highest BCUT2D eigenvalue weighted by Crippen LogP contribution is 2.42. The Hall–Kier alpha value is -0.940. The van der Waals surface area contributed by atoms with Gasteiger partial charge in [0.05, 0.1) is 20.6 Å². The highest BCUT2D eigenvalue weighted by molar-refractivity contribution is 9.10. The first-order chi connectivity index (χ1) is 9.09. The predicted molar refractivity (Wildman–Crippen MR) is 79.6 cm³/mol. The molecule has 1 aliphatic carbocycles. The molecule has 1 heterocycles. The maximum Gasteiger partial charge on any atom is 0.310 e. The second-order valence-corrected chi connectivity index (χ2v) is 7.22. The molecule has 5 heteroatoms. The molecule has 0 spiro atoms. The predicted octanol–water partition coefficient (Wildman–Crippen LogP) is 4.25. The molecule has 1 aromatic heterocycles. The molecule has 1 fully saturated rings. The van der Waals surface area contributed by atoms with Crippen LogP contribution in [-0.2, 0) is 11.2 Å². The minimum atomic E-state index is -0.662. The van der Waals surface area contributed by atoms with E-state index >= 15 is 0 Å². The summed E-state index contributed by atoms with van der Waals surface area (Å²) >= 11 is 5.05. The lowest BCUT2D eigenvalue weighted by Gasteiger charge is -2.21. The maximum atomic E-state index is 11.6. The minimum absolute atomic E-state index is 0.569. The van der Waals surface area contributed by atoms with Gasteiger partial charge in [-0.15, -0.1) is 11.3 Å². The van der Waals surface area contributed by atoms with Gasteiger partial charge in [0.2, 0.25) is 0 Å². The number of halogens is 1. The zero-order valence-electron chi connectivity index (χ0n) is 10.4. The van der Waals surface area contributed by atoms with Crippen molar-refractivity contribution in [1.29, 1.82) is 0 Å². The Kier molecular flexibility index (Phi) is 3.35. The van der Waals surface area contributed by atoms with Gasteiger partial charge in [-0.2, -0.15) is 0 Å². The largest absolute Gasteiger partial charge is 0.481 e. The van der Waals surface area contributed by atoms with Crippen LogP contribution in [-0.4, -0.2) is 16.1 Å². The molecule has 0 saturated heterocycles. The summed E-state index contributed by atoms with van der Waals surface area (Å²) in [4.78, 5) is 16.2. The molecule has 0 amide bonds. The summed E-state index contributed by atoms with van der Waals surface area (Å²) in [7, 11) is 0. The summed E-state index contributed by atoms with van der Waals surface area (Å²) < 4.78 is 2.13. The summed E-state index contributed by atoms with van der Waals surface area (Å²) in [6.45, 7) is 0. The normalized spacial score (nSPS) is 17.9. The van der Waals surface area contributed by atoms with Crippen LogP contribution in [0.25, 0.3) is 10.2 Å². The smallest absolute Gasteiger partial charge is 0.310 e. The third kappa shape index (κ3) is 2.41. The molecule has 1 saturated carbocycles. The zero-order valence-corrected chi connectivity index (χ0v) is 12.8. The van der Waals surface area contributed by atoms with Crippen molar-refractivity contribution in [3.8, 4) is 0 Å². The summed E-state index contributed by atoms with van der Waals surface area (Å²) in [6.07, 6.45) is 4.16. The van der Waals surface area contributed by atoms with Gasteiger partial charge in [-0.25, -0.2) is 4.98 Å². The van der Waals surface area contributed by atoms with Crippen LogP contribution in [0.3, 0.4) is 0 Å². The molecule has 0 unspecified atom stereocenters. The lowest BCUT2D eigenvalue weighted by atomic mass is 9.83. The number of hydrogen-bond acceptors (Lipinski definition) is 3. The van der Waals surface area contributed by atoms with Crippen molar-refractivity contribution < 1.29 is 9.90 Å². The Labute approximate surface area is 123 Å². The van der Waals surface area contributed by atoms with Gasteiger partial charge >= 0.3 is 5.97 Å². The van der Waals surface area contributed by atoms with Crippen molar-refractivity contribution in [3.05, 3.63) is 27.7 Å². The molecule has 0 aliphatic heterocycles. The van der Waals surface area contributed by atoms with Crippen LogP contribution in [0.4, 0.5) is 0 Å². The number of benzene rings is 1. The highest BCUT2D eigenvalue weighted by Gasteiger charge is 2.42. The van der Waals surface area contributed by atoms with Gasteiger partial charge in [0.1, 0.15) is 0 Å². The fourth-order valence-corrected chi connectivity index (χ4v) is 4.27. The second-order valence-electron chi connectivity index (χ2n) is 5.19. The van der Waals surface area contributed by atoms with Crippen LogP contribution in [0.5, 0.6) is 0 Å². The van der Waals surface area contributed by atoms with E-state index in [0.29, 0.717) is 6.42 Å². The van der Waals surface area contributed by atoms with Crippen molar-refractivity contribution in [1.82, 2.24) is 4.98 Å². The molecule has 100 valence electrons. The van der Waals surface area contributed by atoms with Crippen molar-refractivity contribution >= 4 is 43.5 Å². The topological polar surface area (TPSA) is 50.2 Å². The third-order valence-corrected chi connectivity index (χ3v) is 5.43. The van der Waals surface area contributed by atoms with E-state index in [2.05, 4.69) is 20.9 Å². The van der Waals surface area contributed by atoms with E-state index in [9.17, 15) is 9.90 Å². The van der Waals surface area contributed by atoms with E-state index < -0.39 is 11.4 Å². The van der Waals surface area contributed by atoms with E-state index in [-0.39, 0.29) is 0 Å². The first kappa shape index (κ1) is 13.1. The Bertz CT molecular complexity index is 631. The Morgan fingerprint density at radius 1 is 1.42 bits per heavy atom. The molecule has 0 atom stereocenters. The van der Waals surface area contributed by atoms with Crippen LogP contribution in [0.2, 0.25) is 0 Å². The lowest BCUT2D eigenvalue weighted by Crippen LogP contribution is -2.30. The maximum absolute atomic E-state index is 11.6. The summed E-state index contributed by atoms with van der Waals surface area (Å²) in [5.74, 6) is -0.662. The average molecular weight is 340 g/mol. The molecular weight excluding hydrogens is 326 g/mol. The number of thiazole rings is 1. The Morgan fingerprint density at radius 2 is 2.16 bits per heavy atom. The van der Waals surface area contributed by atoms with E-state index in [0.717, 1.165) is 45.4 Å². The van der Waals surface area contributed by atoms with Crippen LogP contribution in [0.15, 0.2) is 22.7 Å². The monoisotopic (exact) mass is 339 g/mol. The fourth-order valence-electron chi connectivity index (χ4n) is 2.83. The SMILES string of the molecule is O=C(O)C1(Cc2nc3cc(Br)ccc3s2)CCCC1. The van der Waals surface area contributed by atoms with Gasteiger partial charge in [0.25, 0.3) is 0 Å². The number of hydrogen-bond donors (Lipinski definition) is 1.